The lowest BCUT2D eigenvalue weighted by Gasteiger charge is -2.08. The number of anilines is 1. The molecule has 0 saturated heterocycles. The number of carbonyl (C=O) groups is 1. The van der Waals surface area contributed by atoms with Crippen LogP contribution in [0.3, 0.4) is 0 Å². The number of nitrogens with one attached hydrogen (secondary N) is 2. The van der Waals surface area contributed by atoms with Gasteiger partial charge >= 0.3 is 0 Å². The third-order valence-corrected chi connectivity index (χ3v) is 2.97. The summed E-state index contributed by atoms with van der Waals surface area (Å²) in [6, 6.07) is 3.40. The van der Waals surface area contributed by atoms with Crippen molar-refractivity contribution in [3.63, 3.8) is 0 Å². The van der Waals surface area contributed by atoms with Crippen LogP contribution in [0.15, 0.2) is 35.3 Å². The smallest absolute Gasteiger partial charge is 0.253 e. The average molecular weight is 294 g/mol. The summed E-state index contributed by atoms with van der Waals surface area (Å²) in [4.78, 5) is 16.1. The van der Waals surface area contributed by atoms with E-state index in [0.29, 0.717) is 22.9 Å². The summed E-state index contributed by atoms with van der Waals surface area (Å²) in [6.07, 6.45) is 5.64. The van der Waals surface area contributed by atoms with Crippen molar-refractivity contribution in [2.24, 2.45) is 0 Å². The fourth-order valence-corrected chi connectivity index (χ4v) is 1.85. The summed E-state index contributed by atoms with van der Waals surface area (Å²) in [5.74, 6) is 0.377. The van der Waals surface area contributed by atoms with Gasteiger partial charge in [0.15, 0.2) is 0 Å². The van der Waals surface area contributed by atoms with Crippen molar-refractivity contribution in [1.29, 1.82) is 0 Å². The number of nitrogens with zero attached hydrogens (tertiary/aromatic N) is 1. The Morgan fingerprint density at radius 2 is 2.35 bits per heavy atom. The Morgan fingerprint density at radius 3 is 3.00 bits per heavy atom. The van der Waals surface area contributed by atoms with Gasteiger partial charge in [-0.05, 0) is 18.6 Å². The van der Waals surface area contributed by atoms with Crippen LogP contribution in [0.1, 0.15) is 29.3 Å². The fraction of sp³-hybridized carbons (Fsp3) is 0.286. The molecule has 6 heteroatoms. The Labute approximate surface area is 122 Å². The second kappa shape index (κ2) is 6.96. The molecular weight excluding hydrogens is 278 g/mol. The summed E-state index contributed by atoms with van der Waals surface area (Å²) in [7, 11) is 0. The van der Waals surface area contributed by atoms with Crippen LogP contribution in [-0.2, 0) is 6.54 Å². The molecule has 0 aromatic carbocycles. The molecule has 0 bridgehead atoms. The Hall–Kier alpha value is -2.01. The van der Waals surface area contributed by atoms with Crippen LogP contribution in [0.2, 0.25) is 5.02 Å². The van der Waals surface area contributed by atoms with E-state index in [-0.39, 0.29) is 5.91 Å². The standard InChI is InChI=1S/C14H16ClN3O2/c1-2-4-16-13-12(15)6-11(8-17-13)14(19)18-7-10-3-5-20-9-10/h3,5-6,8-9H,2,4,7H2,1H3,(H,16,17)(H,18,19). The van der Waals surface area contributed by atoms with Gasteiger partial charge in [0.05, 0.1) is 23.1 Å². The molecule has 2 N–H and O–H groups in total. The summed E-state index contributed by atoms with van der Waals surface area (Å²) >= 11 is 6.09. The monoisotopic (exact) mass is 293 g/mol. The van der Waals surface area contributed by atoms with Gasteiger partial charge < -0.3 is 15.1 Å². The molecule has 0 aliphatic heterocycles. The predicted molar refractivity (Wildman–Crippen MR) is 77.9 cm³/mol. The van der Waals surface area contributed by atoms with Crippen LogP contribution in [-0.4, -0.2) is 17.4 Å². The number of pyridine rings is 1. The van der Waals surface area contributed by atoms with E-state index in [1.54, 1.807) is 24.7 Å². The van der Waals surface area contributed by atoms with Crippen LogP contribution in [0.5, 0.6) is 0 Å². The highest BCUT2D eigenvalue weighted by Crippen LogP contribution is 2.20. The number of carbonyl (C=O) groups excluding carboxylic acids is 1. The van der Waals surface area contributed by atoms with Crippen molar-refractivity contribution in [2.75, 3.05) is 11.9 Å². The van der Waals surface area contributed by atoms with Crippen molar-refractivity contribution >= 4 is 23.3 Å². The molecule has 2 rings (SSSR count). The maximum Gasteiger partial charge on any atom is 0.253 e. The molecule has 0 spiro atoms. The first-order valence-corrected chi connectivity index (χ1v) is 6.77. The van der Waals surface area contributed by atoms with Crippen molar-refractivity contribution in [3.05, 3.63) is 47.0 Å². The van der Waals surface area contributed by atoms with Gasteiger partial charge in [-0.3, -0.25) is 4.79 Å². The highest BCUT2D eigenvalue weighted by atomic mass is 35.5. The number of hydrogen-bond acceptors (Lipinski definition) is 4. The molecule has 0 radical (unpaired) electrons. The zero-order valence-corrected chi connectivity index (χ0v) is 11.9. The van der Waals surface area contributed by atoms with E-state index in [9.17, 15) is 4.79 Å². The fourth-order valence-electron chi connectivity index (χ4n) is 1.61. The topological polar surface area (TPSA) is 67.2 Å². The van der Waals surface area contributed by atoms with E-state index in [0.717, 1.165) is 18.5 Å². The molecule has 20 heavy (non-hydrogen) atoms. The van der Waals surface area contributed by atoms with Crippen LogP contribution in [0, 0.1) is 0 Å². The lowest BCUT2D eigenvalue weighted by atomic mass is 10.2. The molecule has 0 atom stereocenters. The van der Waals surface area contributed by atoms with Gasteiger partial charge in [-0.15, -0.1) is 0 Å². The first kappa shape index (κ1) is 14.4. The third kappa shape index (κ3) is 3.74. The van der Waals surface area contributed by atoms with Crippen LogP contribution in [0.25, 0.3) is 0 Å². The third-order valence-electron chi connectivity index (χ3n) is 2.68. The summed E-state index contributed by atoms with van der Waals surface area (Å²) < 4.78 is 4.93. The Kier molecular flexibility index (Phi) is 5.01. The van der Waals surface area contributed by atoms with Gasteiger partial charge in [0.25, 0.3) is 5.91 Å². The van der Waals surface area contributed by atoms with Crippen LogP contribution < -0.4 is 10.6 Å². The molecule has 0 fully saturated rings. The van der Waals surface area contributed by atoms with E-state index in [4.69, 9.17) is 16.0 Å². The van der Waals surface area contributed by atoms with Crippen LogP contribution in [0.4, 0.5) is 5.82 Å². The number of furan rings is 1. The quantitative estimate of drug-likeness (QED) is 0.859. The minimum absolute atomic E-state index is 0.220. The lowest BCUT2D eigenvalue weighted by molar-refractivity contribution is 0.0950. The summed E-state index contributed by atoms with van der Waals surface area (Å²) in [5.41, 5.74) is 1.33. The van der Waals surface area contributed by atoms with Gasteiger partial charge in [-0.1, -0.05) is 18.5 Å². The second-order valence-electron chi connectivity index (χ2n) is 4.30. The number of amides is 1. The predicted octanol–water partition coefficient (Wildman–Crippen LogP) is 3.08. The number of hydrogen-bond donors (Lipinski definition) is 2. The van der Waals surface area contributed by atoms with E-state index in [1.807, 2.05) is 0 Å². The van der Waals surface area contributed by atoms with Crippen molar-refractivity contribution < 1.29 is 9.21 Å². The molecular formula is C14H16ClN3O2. The molecule has 0 aliphatic carbocycles. The maximum atomic E-state index is 12.0. The second-order valence-corrected chi connectivity index (χ2v) is 4.70. The van der Waals surface area contributed by atoms with Crippen molar-refractivity contribution in [3.8, 4) is 0 Å². The molecule has 1 amide bonds. The van der Waals surface area contributed by atoms with Gasteiger partial charge in [0.1, 0.15) is 5.82 Å². The largest absolute Gasteiger partial charge is 0.472 e. The average Bonchev–Trinajstić information content (AvgIpc) is 2.96. The molecule has 2 aromatic rings. The Morgan fingerprint density at radius 1 is 1.50 bits per heavy atom. The van der Waals surface area contributed by atoms with E-state index < -0.39 is 0 Å². The highest BCUT2D eigenvalue weighted by molar-refractivity contribution is 6.33. The SMILES string of the molecule is CCCNc1ncc(C(=O)NCc2ccoc2)cc1Cl. The van der Waals surface area contributed by atoms with E-state index in [2.05, 4.69) is 22.5 Å². The normalized spacial score (nSPS) is 10.3. The van der Waals surface area contributed by atoms with Gasteiger partial charge in [-0.25, -0.2) is 4.98 Å². The van der Waals surface area contributed by atoms with E-state index >= 15 is 0 Å². The van der Waals surface area contributed by atoms with Crippen LogP contribution >= 0.6 is 11.6 Å². The Bertz CT molecular complexity index is 570. The zero-order valence-electron chi connectivity index (χ0n) is 11.1. The number of aromatic nitrogens is 1. The zero-order chi connectivity index (χ0) is 14.4. The van der Waals surface area contributed by atoms with Gasteiger partial charge in [0.2, 0.25) is 0 Å². The van der Waals surface area contributed by atoms with E-state index in [1.165, 1.54) is 6.20 Å². The minimum Gasteiger partial charge on any atom is -0.472 e. The first-order chi connectivity index (χ1) is 9.70. The number of rotatable bonds is 6. The Balaban J connectivity index is 1.97. The molecule has 0 saturated carbocycles. The number of halogens is 1. The molecule has 2 heterocycles. The molecule has 5 nitrogen and oxygen atoms in total. The first-order valence-electron chi connectivity index (χ1n) is 6.39. The lowest BCUT2D eigenvalue weighted by Crippen LogP contribution is -2.22. The molecule has 0 aliphatic rings. The maximum absolute atomic E-state index is 12.0. The van der Waals surface area contributed by atoms with Gasteiger partial charge in [0, 0.05) is 24.8 Å². The minimum atomic E-state index is -0.220. The summed E-state index contributed by atoms with van der Waals surface area (Å²) in [5, 5.41) is 6.31. The molecule has 0 unspecified atom stereocenters. The molecule has 106 valence electrons. The highest BCUT2D eigenvalue weighted by Gasteiger charge is 2.09. The van der Waals surface area contributed by atoms with Crippen molar-refractivity contribution in [1.82, 2.24) is 10.3 Å². The van der Waals surface area contributed by atoms with Crippen molar-refractivity contribution in [2.45, 2.75) is 19.9 Å². The summed E-state index contributed by atoms with van der Waals surface area (Å²) in [6.45, 7) is 3.25. The van der Waals surface area contributed by atoms with Gasteiger partial charge in [-0.2, -0.15) is 0 Å². The molecule has 2 aromatic heterocycles.